The lowest BCUT2D eigenvalue weighted by Crippen LogP contribution is -2.46. The van der Waals surface area contributed by atoms with Gasteiger partial charge in [0.05, 0.1) is 12.2 Å². The molecule has 0 spiro atoms. The molecule has 0 saturated carbocycles. The van der Waals surface area contributed by atoms with Crippen molar-refractivity contribution in [2.24, 2.45) is 0 Å². The van der Waals surface area contributed by atoms with Crippen LogP contribution in [0.1, 0.15) is 24.2 Å². The Balaban J connectivity index is 2.35. The summed E-state index contributed by atoms with van der Waals surface area (Å²) in [6.07, 6.45) is 0.261. The fourth-order valence-corrected chi connectivity index (χ4v) is 2.32. The second-order valence-corrected chi connectivity index (χ2v) is 4.61. The molecule has 0 radical (unpaired) electrons. The third-order valence-electron chi connectivity index (χ3n) is 2.91. The van der Waals surface area contributed by atoms with Gasteiger partial charge in [-0.1, -0.05) is 0 Å². The molecule has 0 amide bonds. The van der Waals surface area contributed by atoms with Gasteiger partial charge in [0.2, 0.25) is 0 Å². The number of anilines is 1. The molecule has 1 aliphatic rings. The fraction of sp³-hybridized carbons (Fsp3) is 0.462. The van der Waals surface area contributed by atoms with E-state index in [1.165, 1.54) is 0 Å². The van der Waals surface area contributed by atoms with Gasteiger partial charge in [0, 0.05) is 18.7 Å². The van der Waals surface area contributed by atoms with Crippen LogP contribution in [0.5, 0.6) is 0 Å². The van der Waals surface area contributed by atoms with E-state index in [-0.39, 0.29) is 23.5 Å². The molecule has 5 heteroatoms. The number of aldehydes is 1. The largest absolute Gasteiger partial charge is 0.372 e. The van der Waals surface area contributed by atoms with Crippen molar-refractivity contribution in [3.8, 4) is 0 Å². The maximum Gasteiger partial charge on any atom is 0.150 e. The fourth-order valence-electron chi connectivity index (χ4n) is 2.32. The van der Waals surface area contributed by atoms with Crippen molar-refractivity contribution in [1.82, 2.24) is 0 Å². The van der Waals surface area contributed by atoms with Gasteiger partial charge in [-0.25, -0.2) is 8.78 Å². The van der Waals surface area contributed by atoms with Crippen LogP contribution in [0, 0.1) is 11.6 Å². The Morgan fingerprint density at radius 3 is 2.17 bits per heavy atom. The number of carbonyl (C=O) groups excluding carboxylic acids is 1. The standard InChI is InChI=1S/C13H15F2NO2/c1-8-5-16(6-9(2)18-8)13-11(14)3-10(7-17)4-12(13)15/h3-4,7-9H,5-6H2,1-2H3/t8-,9+. The van der Waals surface area contributed by atoms with Crippen molar-refractivity contribution in [2.45, 2.75) is 26.1 Å². The van der Waals surface area contributed by atoms with E-state index in [1.54, 1.807) is 4.90 Å². The van der Waals surface area contributed by atoms with Gasteiger partial charge in [-0.15, -0.1) is 0 Å². The van der Waals surface area contributed by atoms with Gasteiger partial charge in [-0.05, 0) is 26.0 Å². The average Bonchev–Trinajstić information content (AvgIpc) is 2.26. The first-order valence-electron chi connectivity index (χ1n) is 5.86. The summed E-state index contributed by atoms with van der Waals surface area (Å²) in [6, 6.07) is 2.10. The summed E-state index contributed by atoms with van der Waals surface area (Å²) in [5, 5.41) is 0. The van der Waals surface area contributed by atoms with Crippen LogP contribution in [0.25, 0.3) is 0 Å². The van der Waals surface area contributed by atoms with Gasteiger partial charge in [-0.3, -0.25) is 4.79 Å². The first-order chi connectivity index (χ1) is 8.51. The smallest absolute Gasteiger partial charge is 0.150 e. The third kappa shape index (κ3) is 2.51. The molecule has 18 heavy (non-hydrogen) atoms. The molecule has 0 bridgehead atoms. The lowest BCUT2D eigenvalue weighted by Gasteiger charge is -2.37. The molecule has 2 atom stereocenters. The van der Waals surface area contributed by atoms with Crippen LogP contribution < -0.4 is 4.90 Å². The molecule has 0 aliphatic carbocycles. The van der Waals surface area contributed by atoms with E-state index in [0.29, 0.717) is 19.4 Å². The quantitative estimate of drug-likeness (QED) is 0.760. The summed E-state index contributed by atoms with van der Waals surface area (Å²) in [4.78, 5) is 12.2. The molecule has 1 saturated heterocycles. The Labute approximate surface area is 104 Å². The van der Waals surface area contributed by atoms with Crippen LogP contribution in [0.2, 0.25) is 0 Å². The zero-order chi connectivity index (χ0) is 13.3. The molecule has 0 N–H and O–H groups in total. The Morgan fingerprint density at radius 1 is 1.22 bits per heavy atom. The van der Waals surface area contributed by atoms with E-state index < -0.39 is 11.6 Å². The number of morpholine rings is 1. The van der Waals surface area contributed by atoms with Gasteiger partial charge in [0.1, 0.15) is 23.6 Å². The van der Waals surface area contributed by atoms with Gasteiger partial charge in [0.25, 0.3) is 0 Å². The van der Waals surface area contributed by atoms with Crippen LogP contribution in [-0.2, 0) is 4.74 Å². The molecule has 2 rings (SSSR count). The zero-order valence-electron chi connectivity index (χ0n) is 10.3. The van der Waals surface area contributed by atoms with Crippen molar-refractivity contribution in [1.29, 1.82) is 0 Å². The van der Waals surface area contributed by atoms with Crippen LogP contribution in [0.3, 0.4) is 0 Å². The summed E-state index contributed by atoms with van der Waals surface area (Å²) < 4.78 is 33.2. The second-order valence-electron chi connectivity index (χ2n) is 4.61. The molecule has 1 fully saturated rings. The highest BCUT2D eigenvalue weighted by molar-refractivity contribution is 5.76. The normalized spacial score (nSPS) is 24.1. The summed E-state index contributed by atoms with van der Waals surface area (Å²) in [6.45, 7) is 4.58. The number of benzene rings is 1. The summed E-state index contributed by atoms with van der Waals surface area (Å²) in [7, 11) is 0. The first-order valence-corrected chi connectivity index (χ1v) is 5.86. The van der Waals surface area contributed by atoms with E-state index in [1.807, 2.05) is 13.8 Å². The van der Waals surface area contributed by atoms with Gasteiger partial charge < -0.3 is 9.64 Å². The highest BCUT2D eigenvalue weighted by atomic mass is 19.1. The molecule has 1 heterocycles. The predicted octanol–water partition coefficient (Wildman–Crippen LogP) is 2.39. The number of halogens is 2. The Hall–Kier alpha value is -1.49. The van der Waals surface area contributed by atoms with E-state index in [0.717, 1.165) is 12.1 Å². The third-order valence-corrected chi connectivity index (χ3v) is 2.91. The number of hydrogen-bond donors (Lipinski definition) is 0. The molecule has 98 valence electrons. The minimum Gasteiger partial charge on any atom is -0.372 e. The molecular weight excluding hydrogens is 240 g/mol. The van der Waals surface area contributed by atoms with Gasteiger partial charge in [-0.2, -0.15) is 0 Å². The Kier molecular flexibility index (Phi) is 3.61. The van der Waals surface area contributed by atoms with Crippen molar-refractivity contribution < 1.29 is 18.3 Å². The lowest BCUT2D eigenvalue weighted by atomic mass is 10.1. The zero-order valence-corrected chi connectivity index (χ0v) is 10.3. The summed E-state index contributed by atoms with van der Waals surface area (Å²) in [5.41, 5.74) is -0.0780. The monoisotopic (exact) mass is 255 g/mol. The number of hydrogen-bond acceptors (Lipinski definition) is 3. The van der Waals surface area contributed by atoms with Crippen molar-refractivity contribution in [2.75, 3.05) is 18.0 Å². The highest BCUT2D eigenvalue weighted by Gasteiger charge is 2.26. The van der Waals surface area contributed by atoms with E-state index in [9.17, 15) is 13.6 Å². The summed E-state index contributed by atoms with van der Waals surface area (Å²) in [5.74, 6) is -1.42. The lowest BCUT2D eigenvalue weighted by molar-refractivity contribution is -0.00558. The minimum atomic E-state index is -0.710. The van der Waals surface area contributed by atoms with Crippen molar-refractivity contribution >= 4 is 12.0 Å². The number of ether oxygens (including phenoxy) is 1. The van der Waals surface area contributed by atoms with Crippen molar-refractivity contribution in [3.05, 3.63) is 29.3 Å². The topological polar surface area (TPSA) is 29.5 Å². The van der Waals surface area contributed by atoms with E-state index >= 15 is 0 Å². The Bertz CT molecular complexity index is 431. The van der Waals surface area contributed by atoms with Crippen LogP contribution in [-0.4, -0.2) is 31.6 Å². The highest BCUT2D eigenvalue weighted by Crippen LogP contribution is 2.27. The number of carbonyl (C=O) groups is 1. The van der Waals surface area contributed by atoms with Gasteiger partial charge >= 0.3 is 0 Å². The molecule has 1 aromatic rings. The predicted molar refractivity (Wildman–Crippen MR) is 64.0 cm³/mol. The molecule has 1 aromatic carbocycles. The SMILES string of the molecule is C[C@@H]1CN(c2c(F)cc(C=O)cc2F)C[C@H](C)O1. The first kappa shape index (κ1) is 13.0. The van der Waals surface area contributed by atoms with Crippen LogP contribution in [0.4, 0.5) is 14.5 Å². The number of nitrogens with zero attached hydrogens (tertiary/aromatic N) is 1. The number of rotatable bonds is 2. The molecular formula is C13H15F2NO2. The average molecular weight is 255 g/mol. The van der Waals surface area contributed by atoms with Crippen LogP contribution >= 0.6 is 0 Å². The second kappa shape index (κ2) is 5.02. The molecule has 1 aliphatic heterocycles. The molecule has 0 unspecified atom stereocenters. The van der Waals surface area contributed by atoms with E-state index in [4.69, 9.17) is 4.74 Å². The minimum absolute atomic E-state index is 0.00288. The maximum absolute atomic E-state index is 13.9. The van der Waals surface area contributed by atoms with Crippen molar-refractivity contribution in [3.63, 3.8) is 0 Å². The van der Waals surface area contributed by atoms with E-state index in [2.05, 4.69) is 0 Å². The van der Waals surface area contributed by atoms with Gasteiger partial charge in [0.15, 0.2) is 0 Å². The summed E-state index contributed by atoms with van der Waals surface area (Å²) >= 11 is 0. The Morgan fingerprint density at radius 2 is 1.72 bits per heavy atom. The maximum atomic E-state index is 13.9. The van der Waals surface area contributed by atoms with Crippen LogP contribution in [0.15, 0.2) is 12.1 Å². The molecule has 0 aromatic heterocycles. The molecule has 3 nitrogen and oxygen atoms in total.